The van der Waals surface area contributed by atoms with E-state index in [9.17, 15) is 4.79 Å². The van der Waals surface area contributed by atoms with Crippen molar-refractivity contribution in [2.45, 2.75) is 39.7 Å². The van der Waals surface area contributed by atoms with E-state index in [0.29, 0.717) is 23.6 Å². The lowest BCUT2D eigenvalue weighted by Gasteiger charge is -2.29. The highest BCUT2D eigenvalue weighted by atomic mass is 35.5. The Bertz CT molecular complexity index is 406. The standard InChI is InChI=1S/C15H21ClO3/c1-15(2,3)13(18-4)9-10-14(17)19-12-7-5-11(16)6-8-12/h5-8,13H,9-10H2,1-4H3. The van der Waals surface area contributed by atoms with Gasteiger partial charge >= 0.3 is 5.97 Å². The van der Waals surface area contributed by atoms with Crippen LogP contribution in [0.5, 0.6) is 5.75 Å². The Hall–Kier alpha value is -1.06. The van der Waals surface area contributed by atoms with Crippen molar-refractivity contribution >= 4 is 17.6 Å². The third kappa shape index (κ3) is 5.62. The number of hydrogen-bond acceptors (Lipinski definition) is 3. The zero-order valence-corrected chi connectivity index (χ0v) is 12.7. The highest BCUT2D eigenvalue weighted by Gasteiger charge is 2.25. The molecule has 0 saturated heterocycles. The second-order valence-corrected chi connectivity index (χ2v) is 5.99. The third-order valence-electron chi connectivity index (χ3n) is 2.91. The van der Waals surface area contributed by atoms with Gasteiger partial charge in [0.2, 0.25) is 0 Å². The van der Waals surface area contributed by atoms with Gasteiger partial charge in [-0.3, -0.25) is 4.79 Å². The molecule has 3 nitrogen and oxygen atoms in total. The summed E-state index contributed by atoms with van der Waals surface area (Å²) in [6, 6.07) is 6.74. The normalized spacial score (nSPS) is 13.1. The molecule has 0 N–H and O–H groups in total. The molecule has 0 spiro atoms. The van der Waals surface area contributed by atoms with Crippen molar-refractivity contribution in [1.82, 2.24) is 0 Å². The van der Waals surface area contributed by atoms with Gasteiger partial charge in [-0.05, 0) is 36.1 Å². The lowest BCUT2D eigenvalue weighted by Crippen LogP contribution is -2.29. The van der Waals surface area contributed by atoms with Gasteiger partial charge in [-0.25, -0.2) is 0 Å². The summed E-state index contributed by atoms with van der Waals surface area (Å²) in [6.45, 7) is 6.27. The molecule has 0 fully saturated rings. The van der Waals surface area contributed by atoms with Crippen LogP contribution in [0.25, 0.3) is 0 Å². The fourth-order valence-corrected chi connectivity index (χ4v) is 1.96. The predicted molar refractivity (Wildman–Crippen MR) is 76.6 cm³/mol. The van der Waals surface area contributed by atoms with Crippen LogP contribution in [0.1, 0.15) is 33.6 Å². The van der Waals surface area contributed by atoms with Crippen LogP contribution in [0.4, 0.5) is 0 Å². The molecule has 106 valence electrons. The van der Waals surface area contributed by atoms with E-state index < -0.39 is 0 Å². The number of rotatable bonds is 5. The number of carbonyl (C=O) groups excluding carboxylic acids is 1. The first-order chi connectivity index (χ1) is 8.82. The number of ether oxygens (including phenoxy) is 2. The minimum Gasteiger partial charge on any atom is -0.427 e. The molecule has 0 radical (unpaired) electrons. The van der Waals surface area contributed by atoms with Crippen LogP contribution in [0.3, 0.4) is 0 Å². The molecule has 1 unspecified atom stereocenters. The molecule has 1 aromatic carbocycles. The van der Waals surface area contributed by atoms with E-state index in [0.717, 1.165) is 0 Å². The van der Waals surface area contributed by atoms with E-state index in [-0.39, 0.29) is 17.5 Å². The minimum absolute atomic E-state index is 0.00923. The molecular formula is C15H21ClO3. The van der Waals surface area contributed by atoms with Crippen LogP contribution in [0, 0.1) is 5.41 Å². The molecule has 1 atom stereocenters. The average Bonchev–Trinajstić information content (AvgIpc) is 2.31. The molecule has 1 aromatic rings. The molecule has 0 aliphatic carbocycles. The highest BCUT2D eigenvalue weighted by Crippen LogP contribution is 2.25. The summed E-state index contributed by atoms with van der Waals surface area (Å²) in [5, 5.41) is 0.618. The molecule has 0 aromatic heterocycles. The van der Waals surface area contributed by atoms with Crippen molar-refractivity contribution in [3.05, 3.63) is 29.3 Å². The Morgan fingerprint density at radius 3 is 2.32 bits per heavy atom. The summed E-state index contributed by atoms with van der Waals surface area (Å²) in [4.78, 5) is 11.7. The van der Waals surface area contributed by atoms with Crippen molar-refractivity contribution in [3.8, 4) is 5.75 Å². The lowest BCUT2D eigenvalue weighted by molar-refractivity contribution is -0.135. The van der Waals surface area contributed by atoms with Gasteiger partial charge in [0.15, 0.2) is 0 Å². The molecule has 0 aliphatic rings. The molecule has 0 bridgehead atoms. The topological polar surface area (TPSA) is 35.5 Å². The van der Waals surface area contributed by atoms with Crippen LogP contribution in [-0.2, 0) is 9.53 Å². The van der Waals surface area contributed by atoms with Crippen LogP contribution < -0.4 is 4.74 Å². The van der Waals surface area contributed by atoms with Gasteiger partial charge in [-0.2, -0.15) is 0 Å². The summed E-state index contributed by atoms with van der Waals surface area (Å²) in [6.07, 6.45) is 1.01. The van der Waals surface area contributed by atoms with Crippen molar-refractivity contribution in [1.29, 1.82) is 0 Å². The second kappa shape index (κ2) is 6.92. The van der Waals surface area contributed by atoms with Gasteiger partial charge in [0, 0.05) is 18.6 Å². The number of carbonyl (C=O) groups is 1. The maximum absolute atomic E-state index is 11.7. The third-order valence-corrected chi connectivity index (χ3v) is 3.16. The fourth-order valence-electron chi connectivity index (χ4n) is 1.84. The van der Waals surface area contributed by atoms with E-state index in [4.69, 9.17) is 21.1 Å². The quantitative estimate of drug-likeness (QED) is 0.603. The number of halogens is 1. The molecule has 0 saturated carbocycles. The Balaban J connectivity index is 2.45. The van der Waals surface area contributed by atoms with Gasteiger partial charge in [0.25, 0.3) is 0 Å². The summed E-state index contributed by atoms with van der Waals surface area (Å²) in [5.41, 5.74) is 0.00923. The Labute approximate surface area is 119 Å². The first-order valence-electron chi connectivity index (χ1n) is 6.32. The first kappa shape index (κ1) is 16.0. The number of benzene rings is 1. The number of methoxy groups -OCH3 is 1. The monoisotopic (exact) mass is 284 g/mol. The smallest absolute Gasteiger partial charge is 0.311 e. The van der Waals surface area contributed by atoms with E-state index in [2.05, 4.69) is 20.8 Å². The molecule has 19 heavy (non-hydrogen) atoms. The fraction of sp³-hybridized carbons (Fsp3) is 0.533. The molecule has 0 aliphatic heterocycles. The summed E-state index contributed by atoms with van der Waals surface area (Å²) in [7, 11) is 1.67. The average molecular weight is 285 g/mol. The van der Waals surface area contributed by atoms with Crippen LogP contribution >= 0.6 is 11.6 Å². The van der Waals surface area contributed by atoms with Crippen molar-refractivity contribution in [2.75, 3.05) is 7.11 Å². The van der Waals surface area contributed by atoms with Gasteiger partial charge in [0.1, 0.15) is 5.75 Å². The van der Waals surface area contributed by atoms with E-state index in [1.165, 1.54) is 0 Å². The first-order valence-corrected chi connectivity index (χ1v) is 6.70. The largest absolute Gasteiger partial charge is 0.427 e. The molecule has 4 heteroatoms. The molecule has 0 amide bonds. The Kier molecular flexibility index (Phi) is 5.83. The Morgan fingerprint density at radius 1 is 1.26 bits per heavy atom. The van der Waals surface area contributed by atoms with Crippen molar-refractivity contribution < 1.29 is 14.3 Å². The zero-order valence-electron chi connectivity index (χ0n) is 11.9. The molecular weight excluding hydrogens is 264 g/mol. The number of esters is 1. The van der Waals surface area contributed by atoms with E-state index in [1.807, 2.05) is 0 Å². The second-order valence-electron chi connectivity index (χ2n) is 5.56. The minimum atomic E-state index is -0.256. The van der Waals surface area contributed by atoms with Gasteiger partial charge in [-0.1, -0.05) is 32.4 Å². The van der Waals surface area contributed by atoms with Gasteiger partial charge in [-0.15, -0.1) is 0 Å². The van der Waals surface area contributed by atoms with Crippen molar-refractivity contribution in [3.63, 3.8) is 0 Å². The summed E-state index contributed by atoms with van der Waals surface area (Å²) >= 11 is 5.76. The highest BCUT2D eigenvalue weighted by molar-refractivity contribution is 6.30. The van der Waals surface area contributed by atoms with E-state index in [1.54, 1.807) is 31.4 Å². The molecule has 1 rings (SSSR count). The number of hydrogen-bond donors (Lipinski definition) is 0. The lowest BCUT2D eigenvalue weighted by atomic mass is 9.86. The van der Waals surface area contributed by atoms with Gasteiger partial charge < -0.3 is 9.47 Å². The van der Waals surface area contributed by atoms with Crippen LogP contribution in [0.15, 0.2) is 24.3 Å². The summed E-state index contributed by atoms with van der Waals surface area (Å²) < 4.78 is 10.6. The maximum atomic E-state index is 11.7. The van der Waals surface area contributed by atoms with E-state index >= 15 is 0 Å². The molecule has 0 heterocycles. The summed E-state index contributed by atoms with van der Waals surface area (Å²) in [5.74, 6) is 0.257. The van der Waals surface area contributed by atoms with Gasteiger partial charge in [0.05, 0.1) is 6.10 Å². The zero-order chi connectivity index (χ0) is 14.5. The van der Waals surface area contributed by atoms with Crippen molar-refractivity contribution in [2.24, 2.45) is 5.41 Å². The Morgan fingerprint density at radius 2 is 1.84 bits per heavy atom. The van der Waals surface area contributed by atoms with Crippen LogP contribution in [-0.4, -0.2) is 19.2 Å². The predicted octanol–water partition coefficient (Wildman–Crippen LogP) is 4.09. The SMILES string of the molecule is COC(CCC(=O)Oc1ccc(Cl)cc1)C(C)(C)C. The maximum Gasteiger partial charge on any atom is 0.311 e. The van der Waals surface area contributed by atoms with Crippen LogP contribution in [0.2, 0.25) is 5.02 Å².